The van der Waals surface area contributed by atoms with Crippen LogP contribution in [0.1, 0.15) is 26.3 Å². The Morgan fingerprint density at radius 2 is 1.80 bits per heavy atom. The second-order valence-electron chi connectivity index (χ2n) is 7.06. The third-order valence-electron chi connectivity index (χ3n) is 3.72. The van der Waals surface area contributed by atoms with Gasteiger partial charge in [-0.1, -0.05) is 29.8 Å². The summed E-state index contributed by atoms with van der Waals surface area (Å²) in [5.41, 5.74) is 0.212. The molecule has 0 saturated heterocycles. The molecule has 2 atom stereocenters. The van der Waals surface area contributed by atoms with Crippen LogP contribution in [0, 0.1) is 6.92 Å². The van der Waals surface area contributed by atoms with Crippen molar-refractivity contribution in [1.82, 2.24) is 4.90 Å². The van der Waals surface area contributed by atoms with E-state index in [1.165, 1.54) is 11.0 Å². The van der Waals surface area contributed by atoms with Gasteiger partial charge in [-0.25, -0.2) is 13.2 Å². The fourth-order valence-electron chi connectivity index (χ4n) is 2.53. The molecule has 25 heavy (non-hydrogen) atoms. The smallest absolute Gasteiger partial charge is 0.411 e. The highest BCUT2D eigenvalue weighted by atomic mass is 32.2. The van der Waals surface area contributed by atoms with Crippen LogP contribution in [0.4, 0.5) is 4.79 Å². The molecule has 0 spiro atoms. The normalized spacial score (nSPS) is 20.6. The zero-order chi connectivity index (χ0) is 18.8. The summed E-state index contributed by atoms with van der Waals surface area (Å²) < 4.78 is 30.6. The van der Waals surface area contributed by atoms with Crippen LogP contribution in [0.5, 0.6) is 0 Å². The van der Waals surface area contributed by atoms with E-state index in [1.54, 1.807) is 51.1 Å². The highest BCUT2D eigenvalue weighted by Gasteiger charge is 2.38. The number of aryl methyl sites for hydroxylation is 1. The Morgan fingerprint density at radius 1 is 1.20 bits per heavy atom. The number of sulfone groups is 1. The lowest BCUT2D eigenvalue weighted by molar-refractivity contribution is -0.111. The molecule has 7 heteroatoms. The van der Waals surface area contributed by atoms with Gasteiger partial charge < -0.3 is 9.53 Å². The third kappa shape index (κ3) is 4.69. The van der Waals surface area contributed by atoms with Crippen molar-refractivity contribution < 1.29 is 22.7 Å². The van der Waals surface area contributed by atoms with Crippen molar-refractivity contribution in [3.8, 4) is 0 Å². The molecular formula is C18H23NO5S. The van der Waals surface area contributed by atoms with Crippen molar-refractivity contribution in [3.63, 3.8) is 0 Å². The summed E-state index contributed by atoms with van der Waals surface area (Å²) in [6, 6.07) is 4.94. The first kappa shape index (κ1) is 19.2. The average molecular weight is 365 g/mol. The quantitative estimate of drug-likeness (QED) is 0.605. The fraction of sp³-hybridized carbons (Fsp3) is 0.444. The van der Waals surface area contributed by atoms with Gasteiger partial charge in [0.15, 0.2) is 9.84 Å². The molecule has 0 fully saturated rings. The van der Waals surface area contributed by atoms with E-state index < -0.39 is 33.6 Å². The monoisotopic (exact) mass is 365 g/mol. The molecule has 2 rings (SSSR count). The lowest BCUT2D eigenvalue weighted by atomic mass is 10.2. The van der Waals surface area contributed by atoms with Crippen LogP contribution < -0.4 is 0 Å². The van der Waals surface area contributed by atoms with Gasteiger partial charge in [0.2, 0.25) is 0 Å². The molecule has 0 N–H and O–H groups in total. The van der Waals surface area contributed by atoms with Crippen LogP contribution in [-0.2, 0) is 19.4 Å². The minimum absolute atomic E-state index is 0.185. The van der Waals surface area contributed by atoms with Gasteiger partial charge in [0.25, 0.3) is 0 Å². The van der Waals surface area contributed by atoms with Crippen molar-refractivity contribution in [2.45, 2.75) is 50.3 Å². The molecular weight excluding hydrogens is 342 g/mol. The molecule has 0 aromatic heterocycles. The van der Waals surface area contributed by atoms with E-state index in [1.807, 2.05) is 6.92 Å². The second-order valence-corrected chi connectivity index (χ2v) is 9.10. The first-order chi connectivity index (χ1) is 11.5. The number of aldehydes is 1. The van der Waals surface area contributed by atoms with Gasteiger partial charge in [-0.15, -0.1) is 0 Å². The number of rotatable bonds is 4. The van der Waals surface area contributed by atoms with E-state index in [4.69, 9.17) is 4.74 Å². The first-order valence-electron chi connectivity index (χ1n) is 7.98. The van der Waals surface area contributed by atoms with E-state index in [-0.39, 0.29) is 10.6 Å². The predicted molar refractivity (Wildman–Crippen MR) is 94.1 cm³/mol. The van der Waals surface area contributed by atoms with Crippen molar-refractivity contribution in [2.24, 2.45) is 0 Å². The molecule has 1 amide bonds. The number of ether oxygens (including phenoxy) is 1. The summed E-state index contributed by atoms with van der Waals surface area (Å²) in [5.74, 6) is -0.309. The van der Waals surface area contributed by atoms with Gasteiger partial charge in [-0.05, 0) is 39.8 Å². The summed E-state index contributed by atoms with van der Waals surface area (Å²) in [5, 5.41) is 0. The fourth-order valence-corrected chi connectivity index (χ4v) is 4.00. The molecule has 0 aliphatic carbocycles. The van der Waals surface area contributed by atoms with Crippen LogP contribution in [0.2, 0.25) is 0 Å². The van der Waals surface area contributed by atoms with E-state index in [0.29, 0.717) is 6.29 Å². The molecule has 6 nitrogen and oxygen atoms in total. The van der Waals surface area contributed by atoms with Crippen molar-refractivity contribution >= 4 is 22.2 Å². The summed E-state index contributed by atoms with van der Waals surface area (Å²) in [6.45, 7) is 7.00. The largest absolute Gasteiger partial charge is 0.444 e. The zero-order valence-electron chi connectivity index (χ0n) is 14.8. The van der Waals surface area contributed by atoms with E-state index in [9.17, 15) is 18.0 Å². The van der Waals surface area contributed by atoms with Crippen LogP contribution in [0.15, 0.2) is 41.3 Å². The lowest BCUT2D eigenvalue weighted by Gasteiger charge is -2.30. The Labute approximate surface area is 148 Å². The Morgan fingerprint density at radius 3 is 2.32 bits per heavy atom. The molecule has 1 aromatic carbocycles. The average Bonchev–Trinajstić information content (AvgIpc) is 2.88. The summed E-state index contributed by atoms with van der Waals surface area (Å²) in [4.78, 5) is 25.0. The topological polar surface area (TPSA) is 80.8 Å². The number of nitrogens with zero attached hydrogens (tertiary/aromatic N) is 1. The van der Waals surface area contributed by atoms with Gasteiger partial charge >= 0.3 is 6.09 Å². The molecule has 0 radical (unpaired) electrons. The maximum Gasteiger partial charge on any atom is 0.411 e. The third-order valence-corrected chi connectivity index (χ3v) is 5.49. The lowest BCUT2D eigenvalue weighted by Crippen LogP contribution is -2.47. The SMILES string of the molecule is Cc1ccc(S(=O)(=O)C[C@@H]2C=C[C@H](C=O)N2C(=O)OC(C)(C)C)cc1. The zero-order valence-corrected chi connectivity index (χ0v) is 15.6. The summed E-state index contributed by atoms with van der Waals surface area (Å²) in [7, 11) is -3.62. The maximum atomic E-state index is 12.6. The van der Waals surface area contributed by atoms with Crippen LogP contribution in [0.25, 0.3) is 0 Å². The Kier molecular flexibility index (Phi) is 5.37. The second kappa shape index (κ2) is 7.00. The number of benzene rings is 1. The van der Waals surface area contributed by atoms with E-state index in [0.717, 1.165) is 5.56 Å². The molecule has 1 heterocycles. The first-order valence-corrected chi connectivity index (χ1v) is 9.63. The van der Waals surface area contributed by atoms with Crippen molar-refractivity contribution in [3.05, 3.63) is 42.0 Å². The minimum atomic E-state index is -3.62. The highest BCUT2D eigenvalue weighted by Crippen LogP contribution is 2.23. The summed E-state index contributed by atoms with van der Waals surface area (Å²) in [6.07, 6.45) is 2.97. The van der Waals surface area contributed by atoms with Crippen LogP contribution in [-0.4, -0.2) is 49.1 Å². The Hall–Kier alpha value is -2.15. The number of carbonyl (C=O) groups excluding carboxylic acids is 2. The number of hydrogen-bond donors (Lipinski definition) is 0. The Balaban J connectivity index is 2.24. The number of carbonyl (C=O) groups is 2. The molecule has 1 aromatic rings. The van der Waals surface area contributed by atoms with Gasteiger partial charge in [0.1, 0.15) is 17.9 Å². The van der Waals surface area contributed by atoms with Crippen LogP contribution in [0.3, 0.4) is 0 Å². The number of amides is 1. The molecule has 1 aliphatic heterocycles. The molecule has 0 unspecified atom stereocenters. The van der Waals surface area contributed by atoms with Crippen LogP contribution >= 0.6 is 0 Å². The van der Waals surface area contributed by atoms with Gasteiger partial charge in [-0.2, -0.15) is 0 Å². The molecule has 0 bridgehead atoms. The molecule has 1 aliphatic rings. The highest BCUT2D eigenvalue weighted by molar-refractivity contribution is 7.91. The van der Waals surface area contributed by atoms with E-state index >= 15 is 0 Å². The minimum Gasteiger partial charge on any atom is -0.444 e. The number of hydrogen-bond acceptors (Lipinski definition) is 5. The van der Waals surface area contributed by atoms with Crippen molar-refractivity contribution in [2.75, 3.05) is 5.75 Å². The van der Waals surface area contributed by atoms with E-state index in [2.05, 4.69) is 0 Å². The molecule has 136 valence electrons. The predicted octanol–water partition coefficient (Wildman–Crippen LogP) is 2.51. The summed E-state index contributed by atoms with van der Waals surface area (Å²) >= 11 is 0. The van der Waals surface area contributed by atoms with Gasteiger partial charge in [0, 0.05) is 0 Å². The van der Waals surface area contributed by atoms with Gasteiger partial charge in [0.05, 0.1) is 16.7 Å². The maximum absolute atomic E-state index is 12.6. The molecule has 0 saturated carbocycles. The van der Waals surface area contributed by atoms with Gasteiger partial charge in [-0.3, -0.25) is 4.90 Å². The standard InChI is InChI=1S/C18H23NO5S/c1-13-5-9-16(10-6-13)25(22,23)12-15-8-7-14(11-20)19(15)17(21)24-18(2,3)4/h5-11,14-15H,12H2,1-4H3/t14-,15+/m1/s1. The van der Waals surface area contributed by atoms with Crippen molar-refractivity contribution in [1.29, 1.82) is 0 Å². The Bertz CT molecular complexity index is 775.